The number of rotatable bonds is 4. The van der Waals surface area contributed by atoms with E-state index in [-0.39, 0.29) is 0 Å². The highest BCUT2D eigenvalue weighted by Crippen LogP contribution is 2.45. The molecule has 2 N–H and O–H groups in total. The molecule has 6 heteroatoms. The molecule has 0 spiro atoms. The SMILES string of the molecule is Cc1nnc(NCC2(C(=O)O)CC2)s1. The number of nitrogens with zero attached hydrogens (tertiary/aromatic N) is 2. The van der Waals surface area contributed by atoms with Gasteiger partial charge in [-0.25, -0.2) is 0 Å². The minimum absolute atomic E-state index is 0.455. The number of hydrogen-bond acceptors (Lipinski definition) is 5. The van der Waals surface area contributed by atoms with Crippen LogP contribution in [0.3, 0.4) is 0 Å². The predicted octanol–water partition coefficient (Wildman–Crippen LogP) is 1.12. The summed E-state index contributed by atoms with van der Waals surface area (Å²) >= 11 is 1.44. The first-order valence-corrected chi connectivity index (χ1v) is 5.21. The molecule has 0 aromatic carbocycles. The Morgan fingerprint density at radius 2 is 2.36 bits per heavy atom. The van der Waals surface area contributed by atoms with Gasteiger partial charge in [0, 0.05) is 6.54 Å². The molecule has 1 aromatic heterocycles. The van der Waals surface area contributed by atoms with E-state index >= 15 is 0 Å². The zero-order valence-corrected chi connectivity index (χ0v) is 8.60. The van der Waals surface area contributed by atoms with Crippen LogP contribution < -0.4 is 5.32 Å². The number of anilines is 1. The van der Waals surface area contributed by atoms with Gasteiger partial charge >= 0.3 is 5.97 Å². The fourth-order valence-electron chi connectivity index (χ4n) is 1.23. The number of aromatic nitrogens is 2. The number of aliphatic carboxylic acids is 1. The van der Waals surface area contributed by atoms with Crippen LogP contribution in [0, 0.1) is 12.3 Å². The molecule has 1 fully saturated rings. The Balaban J connectivity index is 1.92. The molecule has 0 bridgehead atoms. The van der Waals surface area contributed by atoms with Crippen LogP contribution in [0.5, 0.6) is 0 Å². The van der Waals surface area contributed by atoms with Gasteiger partial charge in [0.15, 0.2) is 0 Å². The average Bonchev–Trinajstić information content (AvgIpc) is 2.82. The standard InChI is InChI=1S/C8H11N3O2S/c1-5-10-11-7(14-5)9-4-8(2-3-8)6(12)13/h2-4H2,1H3,(H,9,11)(H,12,13). The molecule has 2 rings (SSSR count). The van der Waals surface area contributed by atoms with Gasteiger partial charge in [-0.1, -0.05) is 11.3 Å². The highest BCUT2D eigenvalue weighted by molar-refractivity contribution is 7.15. The number of nitrogens with one attached hydrogen (secondary N) is 1. The lowest BCUT2D eigenvalue weighted by Gasteiger charge is -2.08. The van der Waals surface area contributed by atoms with Crippen LogP contribution in [0.2, 0.25) is 0 Å². The highest BCUT2D eigenvalue weighted by atomic mass is 32.1. The van der Waals surface area contributed by atoms with Gasteiger partial charge in [0.25, 0.3) is 0 Å². The molecule has 0 aliphatic heterocycles. The maximum Gasteiger partial charge on any atom is 0.311 e. The Kier molecular flexibility index (Phi) is 2.14. The first-order chi connectivity index (χ1) is 6.62. The van der Waals surface area contributed by atoms with Gasteiger partial charge in [0.05, 0.1) is 5.41 Å². The number of aryl methyl sites for hydroxylation is 1. The van der Waals surface area contributed by atoms with E-state index in [9.17, 15) is 4.79 Å². The molecule has 0 radical (unpaired) electrons. The van der Waals surface area contributed by atoms with Gasteiger partial charge in [0.2, 0.25) is 5.13 Å². The van der Waals surface area contributed by atoms with Crippen LogP contribution in [0.4, 0.5) is 5.13 Å². The van der Waals surface area contributed by atoms with Crippen LogP contribution in [-0.2, 0) is 4.79 Å². The zero-order valence-electron chi connectivity index (χ0n) is 7.78. The number of carboxylic acids is 1. The third kappa shape index (κ3) is 1.70. The molecule has 1 aliphatic rings. The smallest absolute Gasteiger partial charge is 0.311 e. The topological polar surface area (TPSA) is 75.1 Å². The van der Waals surface area contributed by atoms with E-state index in [0.717, 1.165) is 17.8 Å². The summed E-state index contributed by atoms with van der Waals surface area (Å²) in [5.74, 6) is -0.716. The minimum Gasteiger partial charge on any atom is -0.481 e. The largest absolute Gasteiger partial charge is 0.481 e. The number of carboxylic acid groups (broad SMARTS) is 1. The monoisotopic (exact) mass is 213 g/mol. The Labute approximate surface area is 85.2 Å². The van der Waals surface area contributed by atoms with Crippen LogP contribution in [0.1, 0.15) is 17.8 Å². The predicted molar refractivity (Wildman–Crippen MR) is 52.4 cm³/mol. The summed E-state index contributed by atoms with van der Waals surface area (Å²) in [6, 6.07) is 0. The summed E-state index contributed by atoms with van der Waals surface area (Å²) in [4.78, 5) is 10.8. The number of carbonyl (C=O) groups is 1. The Morgan fingerprint density at radius 3 is 2.79 bits per heavy atom. The Bertz CT molecular complexity index is 359. The van der Waals surface area contributed by atoms with E-state index in [1.165, 1.54) is 11.3 Å². The van der Waals surface area contributed by atoms with Crippen molar-refractivity contribution in [1.29, 1.82) is 0 Å². The summed E-state index contributed by atoms with van der Waals surface area (Å²) in [6.45, 7) is 2.32. The summed E-state index contributed by atoms with van der Waals surface area (Å²) in [5, 5.41) is 21.2. The van der Waals surface area contributed by atoms with E-state index < -0.39 is 11.4 Å². The third-order valence-corrected chi connectivity index (χ3v) is 3.21. The van der Waals surface area contributed by atoms with Gasteiger partial charge in [-0.05, 0) is 19.8 Å². The van der Waals surface area contributed by atoms with Crippen LogP contribution in [0.25, 0.3) is 0 Å². The van der Waals surface area contributed by atoms with Crippen molar-refractivity contribution in [2.75, 3.05) is 11.9 Å². The molecular weight excluding hydrogens is 202 g/mol. The first kappa shape index (κ1) is 9.39. The molecule has 5 nitrogen and oxygen atoms in total. The van der Waals surface area contributed by atoms with E-state index in [0.29, 0.717) is 11.7 Å². The summed E-state index contributed by atoms with van der Waals surface area (Å²) in [5.41, 5.74) is -0.542. The van der Waals surface area contributed by atoms with Crippen molar-refractivity contribution in [2.45, 2.75) is 19.8 Å². The average molecular weight is 213 g/mol. The van der Waals surface area contributed by atoms with Gasteiger partial charge in [-0.3, -0.25) is 4.79 Å². The molecular formula is C8H11N3O2S. The number of hydrogen-bond donors (Lipinski definition) is 2. The maximum atomic E-state index is 10.8. The van der Waals surface area contributed by atoms with Crippen LogP contribution in [-0.4, -0.2) is 27.8 Å². The van der Waals surface area contributed by atoms with Gasteiger partial charge in [0.1, 0.15) is 5.01 Å². The molecule has 1 saturated carbocycles. The molecule has 1 aliphatic carbocycles. The third-order valence-electron chi connectivity index (χ3n) is 2.41. The lowest BCUT2D eigenvalue weighted by atomic mass is 10.1. The second kappa shape index (κ2) is 3.20. The summed E-state index contributed by atoms with van der Waals surface area (Å²) in [6.07, 6.45) is 1.51. The van der Waals surface area contributed by atoms with Gasteiger partial charge in [-0.15, -0.1) is 10.2 Å². The minimum atomic E-state index is -0.716. The normalized spacial score (nSPS) is 17.8. The molecule has 1 aromatic rings. The van der Waals surface area contributed by atoms with Crippen molar-refractivity contribution in [1.82, 2.24) is 10.2 Å². The highest BCUT2D eigenvalue weighted by Gasteiger charge is 2.50. The molecule has 1 heterocycles. The second-order valence-electron chi connectivity index (χ2n) is 3.57. The van der Waals surface area contributed by atoms with Gasteiger partial charge in [-0.2, -0.15) is 0 Å². The van der Waals surface area contributed by atoms with Crippen LogP contribution in [0.15, 0.2) is 0 Å². The van der Waals surface area contributed by atoms with Crippen LogP contribution >= 0.6 is 11.3 Å². The molecule has 14 heavy (non-hydrogen) atoms. The lowest BCUT2D eigenvalue weighted by molar-refractivity contribution is -0.142. The fraction of sp³-hybridized carbons (Fsp3) is 0.625. The van der Waals surface area contributed by atoms with Crippen molar-refractivity contribution in [3.05, 3.63) is 5.01 Å². The fourth-order valence-corrected chi connectivity index (χ4v) is 1.82. The summed E-state index contributed by atoms with van der Waals surface area (Å²) in [7, 11) is 0. The maximum absolute atomic E-state index is 10.8. The summed E-state index contributed by atoms with van der Waals surface area (Å²) < 4.78 is 0. The van der Waals surface area contributed by atoms with E-state index in [1.54, 1.807) is 0 Å². The quantitative estimate of drug-likeness (QED) is 0.784. The van der Waals surface area contributed by atoms with Crippen molar-refractivity contribution < 1.29 is 9.90 Å². The van der Waals surface area contributed by atoms with Gasteiger partial charge < -0.3 is 10.4 Å². The molecule has 0 atom stereocenters. The Hall–Kier alpha value is -1.17. The molecule has 0 saturated heterocycles. The second-order valence-corrected chi connectivity index (χ2v) is 4.75. The van der Waals surface area contributed by atoms with Crippen molar-refractivity contribution in [2.24, 2.45) is 5.41 Å². The van der Waals surface area contributed by atoms with Crippen molar-refractivity contribution >= 4 is 22.4 Å². The lowest BCUT2D eigenvalue weighted by Crippen LogP contribution is -2.24. The van der Waals surface area contributed by atoms with E-state index in [1.807, 2.05) is 6.92 Å². The molecule has 0 amide bonds. The van der Waals surface area contributed by atoms with E-state index in [4.69, 9.17) is 5.11 Å². The first-order valence-electron chi connectivity index (χ1n) is 4.40. The van der Waals surface area contributed by atoms with E-state index in [2.05, 4.69) is 15.5 Å². The van der Waals surface area contributed by atoms with Crippen molar-refractivity contribution in [3.63, 3.8) is 0 Å². The molecule has 0 unspecified atom stereocenters. The zero-order chi connectivity index (χ0) is 10.2. The molecule has 76 valence electrons. The van der Waals surface area contributed by atoms with Crippen molar-refractivity contribution in [3.8, 4) is 0 Å². The Morgan fingerprint density at radius 1 is 1.64 bits per heavy atom.